The Hall–Kier alpha value is -2.38. The van der Waals surface area contributed by atoms with E-state index in [9.17, 15) is 18.0 Å². The van der Waals surface area contributed by atoms with Gasteiger partial charge >= 0.3 is 6.18 Å². The lowest BCUT2D eigenvalue weighted by Gasteiger charge is -2.10. The number of amides is 1. The van der Waals surface area contributed by atoms with Gasteiger partial charge in [-0.05, 0) is 19.1 Å². The van der Waals surface area contributed by atoms with Crippen molar-refractivity contribution >= 4 is 5.91 Å². The van der Waals surface area contributed by atoms with Crippen LogP contribution in [-0.2, 0) is 6.18 Å². The second-order valence-electron chi connectivity index (χ2n) is 4.66. The molecule has 0 spiro atoms. The molecule has 2 aromatic heterocycles. The first-order valence-electron chi connectivity index (χ1n) is 6.01. The van der Waals surface area contributed by atoms with E-state index < -0.39 is 11.7 Å². The summed E-state index contributed by atoms with van der Waals surface area (Å²) in [5, 5.41) is 4.01. The van der Waals surface area contributed by atoms with Crippen molar-refractivity contribution in [3.05, 3.63) is 41.3 Å². The van der Waals surface area contributed by atoms with Crippen molar-refractivity contribution in [1.29, 1.82) is 0 Å². The molecule has 0 aliphatic rings. The lowest BCUT2D eigenvalue weighted by Crippen LogP contribution is -2.22. The number of rotatable bonds is 2. The minimum Gasteiger partial charge on any atom is -0.345 e. The Balaban J connectivity index is 2.38. The maximum atomic E-state index is 12.5. The Morgan fingerprint density at radius 1 is 1.24 bits per heavy atom. The highest BCUT2D eigenvalue weighted by Crippen LogP contribution is 2.28. The normalized spacial score (nSPS) is 11.5. The molecule has 2 rings (SSSR count). The smallest absolute Gasteiger partial charge is 0.345 e. The number of halogens is 3. The summed E-state index contributed by atoms with van der Waals surface area (Å²) in [5.74, 6) is -0.0102. The lowest BCUT2D eigenvalue weighted by molar-refractivity contribution is -0.137. The Labute approximate surface area is 119 Å². The minimum absolute atomic E-state index is 0.221. The van der Waals surface area contributed by atoms with Crippen LogP contribution in [0, 0.1) is 6.92 Å². The van der Waals surface area contributed by atoms with Gasteiger partial charge in [-0.15, -0.1) is 0 Å². The fourth-order valence-corrected chi connectivity index (χ4v) is 1.77. The molecule has 0 bridgehead atoms. The highest BCUT2D eigenvalue weighted by Gasteiger charge is 2.30. The van der Waals surface area contributed by atoms with Crippen molar-refractivity contribution in [2.75, 3.05) is 14.1 Å². The molecule has 1 amide bonds. The SMILES string of the molecule is Cc1c(C(=O)N(C)C)cnn1-c1ccc(C(F)(F)F)cn1. The summed E-state index contributed by atoms with van der Waals surface area (Å²) >= 11 is 0. The standard InChI is InChI=1S/C13H13F3N4O/c1-8-10(12(21)19(2)3)7-18-20(8)11-5-4-9(6-17-11)13(14,15)16/h4-7H,1-3H3. The zero-order valence-electron chi connectivity index (χ0n) is 11.6. The maximum Gasteiger partial charge on any atom is 0.417 e. The van der Waals surface area contributed by atoms with Crippen LogP contribution in [0.15, 0.2) is 24.5 Å². The van der Waals surface area contributed by atoms with E-state index in [-0.39, 0.29) is 11.7 Å². The first-order chi connectivity index (χ1) is 9.71. The minimum atomic E-state index is -4.43. The molecule has 2 heterocycles. The van der Waals surface area contributed by atoms with Gasteiger partial charge in [0.1, 0.15) is 0 Å². The molecular weight excluding hydrogens is 285 g/mol. The topological polar surface area (TPSA) is 51.0 Å². The average molecular weight is 298 g/mol. The van der Waals surface area contributed by atoms with Gasteiger partial charge in [-0.25, -0.2) is 9.67 Å². The molecule has 0 atom stereocenters. The maximum absolute atomic E-state index is 12.5. The van der Waals surface area contributed by atoms with Gasteiger partial charge in [0, 0.05) is 20.3 Å². The van der Waals surface area contributed by atoms with E-state index in [0.717, 1.165) is 12.3 Å². The van der Waals surface area contributed by atoms with E-state index in [2.05, 4.69) is 10.1 Å². The first kappa shape index (κ1) is 15.0. The third-order valence-corrected chi connectivity index (χ3v) is 2.94. The van der Waals surface area contributed by atoms with Crippen molar-refractivity contribution in [3.63, 3.8) is 0 Å². The zero-order chi connectivity index (χ0) is 15.8. The number of carbonyl (C=O) groups excluding carboxylic acids is 1. The number of alkyl halides is 3. The number of carbonyl (C=O) groups is 1. The van der Waals surface area contributed by atoms with Crippen LogP contribution in [0.25, 0.3) is 5.82 Å². The summed E-state index contributed by atoms with van der Waals surface area (Å²) in [5.41, 5.74) is 0.0586. The van der Waals surface area contributed by atoms with E-state index in [1.54, 1.807) is 21.0 Å². The Morgan fingerprint density at radius 2 is 1.90 bits per heavy atom. The third kappa shape index (κ3) is 2.88. The van der Waals surface area contributed by atoms with E-state index in [0.29, 0.717) is 11.3 Å². The van der Waals surface area contributed by atoms with Crippen LogP contribution in [0.4, 0.5) is 13.2 Å². The van der Waals surface area contributed by atoms with Gasteiger partial charge in [-0.1, -0.05) is 0 Å². The van der Waals surface area contributed by atoms with Gasteiger partial charge < -0.3 is 4.90 Å². The molecule has 0 fully saturated rings. The Bertz CT molecular complexity index is 659. The van der Waals surface area contributed by atoms with Crippen molar-refractivity contribution in [2.24, 2.45) is 0 Å². The highest BCUT2D eigenvalue weighted by molar-refractivity contribution is 5.94. The predicted octanol–water partition coefficient (Wildman–Crippen LogP) is 2.30. The fourth-order valence-electron chi connectivity index (χ4n) is 1.77. The summed E-state index contributed by atoms with van der Waals surface area (Å²) in [6.07, 6.45) is -2.32. The second kappa shape index (κ2) is 5.19. The van der Waals surface area contributed by atoms with E-state index >= 15 is 0 Å². The van der Waals surface area contributed by atoms with E-state index in [1.165, 1.54) is 21.8 Å². The Kier molecular flexibility index (Phi) is 3.71. The molecule has 0 unspecified atom stereocenters. The van der Waals surface area contributed by atoms with Gasteiger partial charge in [0.25, 0.3) is 5.91 Å². The summed E-state index contributed by atoms with van der Waals surface area (Å²) < 4.78 is 38.8. The van der Waals surface area contributed by atoms with Gasteiger partial charge in [-0.2, -0.15) is 18.3 Å². The summed E-state index contributed by atoms with van der Waals surface area (Å²) in [7, 11) is 3.21. The average Bonchev–Trinajstić information content (AvgIpc) is 2.78. The summed E-state index contributed by atoms with van der Waals surface area (Å²) in [4.78, 5) is 17.0. The van der Waals surface area contributed by atoms with Crippen molar-refractivity contribution < 1.29 is 18.0 Å². The van der Waals surface area contributed by atoms with Crippen LogP contribution in [0.5, 0.6) is 0 Å². The molecule has 0 N–H and O–H groups in total. The lowest BCUT2D eigenvalue weighted by atomic mass is 10.2. The zero-order valence-corrected chi connectivity index (χ0v) is 11.6. The first-order valence-corrected chi connectivity index (χ1v) is 6.01. The van der Waals surface area contributed by atoms with Gasteiger partial charge in [-0.3, -0.25) is 4.79 Å². The molecule has 8 heteroatoms. The molecule has 112 valence electrons. The van der Waals surface area contributed by atoms with Gasteiger partial charge in [0.05, 0.1) is 23.0 Å². The van der Waals surface area contributed by atoms with Crippen molar-refractivity contribution in [2.45, 2.75) is 13.1 Å². The second-order valence-corrected chi connectivity index (χ2v) is 4.66. The third-order valence-electron chi connectivity index (χ3n) is 2.94. The van der Waals surface area contributed by atoms with Crippen LogP contribution in [0.2, 0.25) is 0 Å². The number of hydrogen-bond donors (Lipinski definition) is 0. The Morgan fingerprint density at radius 3 is 2.38 bits per heavy atom. The number of hydrogen-bond acceptors (Lipinski definition) is 3. The predicted molar refractivity (Wildman–Crippen MR) is 69.1 cm³/mol. The van der Waals surface area contributed by atoms with Crippen LogP contribution in [0.1, 0.15) is 21.6 Å². The summed E-state index contributed by atoms with van der Waals surface area (Å²) in [6, 6.07) is 2.14. The fraction of sp³-hybridized carbons (Fsp3) is 0.308. The molecule has 0 radical (unpaired) electrons. The van der Waals surface area contributed by atoms with Crippen LogP contribution in [0.3, 0.4) is 0 Å². The molecule has 0 aliphatic carbocycles. The van der Waals surface area contributed by atoms with Crippen molar-refractivity contribution in [3.8, 4) is 5.82 Å². The van der Waals surface area contributed by atoms with Gasteiger partial charge in [0.2, 0.25) is 0 Å². The largest absolute Gasteiger partial charge is 0.417 e. The monoisotopic (exact) mass is 298 g/mol. The molecule has 0 aliphatic heterocycles. The molecule has 21 heavy (non-hydrogen) atoms. The van der Waals surface area contributed by atoms with Crippen LogP contribution >= 0.6 is 0 Å². The number of nitrogens with zero attached hydrogens (tertiary/aromatic N) is 4. The quantitative estimate of drug-likeness (QED) is 0.855. The highest BCUT2D eigenvalue weighted by atomic mass is 19.4. The molecular formula is C13H13F3N4O. The number of pyridine rings is 1. The van der Waals surface area contributed by atoms with Crippen LogP contribution in [-0.4, -0.2) is 39.7 Å². The van der Waals surface area contributed by atoms with Crippen molar-refractivity contribution in [1.82, 2.24) is 19.7 Å². The van der Waals surface area contributed by atoms with E-state index in [1.807, 2.05) is 0 Å². The molecule has 5 nitrogen and oxygen atoms in total. The molecule has 0 saturated carbocycles. The molecule has 2 aromatic rings. The van der Waals surface area contributed by atoms with Crippen LogP contribution < -0.4 is 0 Å². The number of aromatic nitrogens is 3. The van der Waals surface area contributed by atoms with Gasteiger partial charge in [0.15, 0.2) is 5.82 Å². The molecule has 0 saturated heterocycles. The summed E-state index contributed by atoms with van der Waals surface area (Å²) in [6.45, 7) is 1.66. The van der Waals surface area contributed by atoms with E-state index in [4.69, 9.17) is 0 Å². The molecule has 0 aromatic carbocycles.